The number of rotatable bonds is 3. The maximum absolute atomic E-state index is 5.60. The van der Waals surface area contributed by atoms with Crippen molar-refractivity contribution in [2.24, 2.45) is 0 Å². The van der Waals surface area contributed by atoms with Gasteiger partial charge in [-0.15, -0.1) is 0 Å². The number of aromatic nitrogens is 1. The first-order valence-corrected chi connectivity index (χ1v) is 5.92. The van der Waals surface area contributed by atoms with Crippen molar-refractivity contribution >= 4 is 16.5 Å². The Morgan fingerprint density at radius 2 is 2.00 bits per heavy atom. The molecule has 0 amide bonds. The predicted octanol–water partition coefficient (Wildman–Crippen LogP) is 3.34. The number of hydrogen-bond donors (Lipinski definition) is 1. The number of thiazole rings is 1. The Labute approximate surface area is 93.8 Å². The van der Waals surface area contributed by atoms with Gasteiger partial charge in [0.15, 0.2) is 5.13 Å². The summed E-state index contributed by atoms with van der Waals surface area (Å²) in [5, 5.41) is 0.627. The van der Waals surface area contributed by atoms with Gasteiger partial charge in [-0.25, -0.2) is 4.98 Å². The highest BCUT2D eigenvalue weighted by Crippen LogP contribution is 2.27. The fourth-order valence-corrected chi connectivity index (χ4v) is 2.24. The Bertz CT molecular complexity index is 431. The quantitative estimate of drug-likeness (QED) is 0.858. The lowest BCUT2D eigenvalue weighted by Crippen LogP contribution is -1.82. The van der Waals surface area contributed by atoms with Crippen LogP contribution in [0.2, 0.25) is 0 Å². The van der Waals surface area contributed by atoms with Crippen molar-refractivity contribution in [3.63, 3.8) is 0 Å². The summed E-state index contributed by atoms with van der Waals surface area (Å²) in [6.07, 6.45) is 4.16. The van der Waals surface area contributed by atoms with Gasteiger partial charge >= 0.3 is 0 Å². The summed E-state index contributed by atoms with van der Waals surface area (Å²) in [5.74, 6) is 0. The van der Waals surface area contributed by atoms with E-state index in [1.165, 1.54) is 28.9 Å². The molecule has 2 aromatic rings. The van der Waals surface area contributed by atoms with Crippen molar-refractivity contribution in [1.29, 1.82) is 0 Å². The summed E-state index contributed by atoms with van der Waals surface area (Å²) in [7, 11) is 0. The minimum Gasteiger partial charge on any atom is -0.375 e. The Hall–Kier alpha value is -1.35. The molecule has 0 saturated heterocycles. The molecule has 0 radical (unpaired) electrons. The van der Waals surface area contributed by atoms with E-state index in [0.717, 1.165) is 11.3 Å². The minimum atomic E-state index is 0.627. The number of hydrogen-bond acceptors (Lipinski definition) is 3. The van der Waals surface area contributed by atoms with Gasteiger partial charge in [0.25, 0.3) is 0 Å². The van der Waals surface area contributed by atoms with E-state index >= 15 is 0 Å². The van der Waals surface area contributed by atoms with E-state index in [0.29, 0.717) is 5.13 Å². The maximum Gasteiger partial charge on any atom is 0.180 e. The molecule has 15 heavy (non-hydrogen) atoms. The number of benzene rings is 1. The van der Waals surface area contributed by atoms with Crippen LogP contribution in [-0.4, -0.2) is 4.98 Å². The third-order valence-electron chi connectivity index (χ3n) is 2.30. The van der Waals surface area contributed by atoms with E-state index in [4.69, 9.17) is 5.73 Å². The smallest absolute Gasteiger partial charge is 0.180 e. The number of anilines is 1. The third kappa shape index (κ3) is 2.36. The second-order valence-corrected chi connectivity index (χ2v) is 4.57. The van der Waals surface area contributed by atoms with Gasteiger partial charge in [-0.3, -0.25) is 0 Å². The molecule has 1 aromatic carbocycles. The molecule has 0 aliphatic rings. The van der Waals surface area contributed by atoms with E-state index in [2.05, 4.69) is 36.2 Å². The lowest BCUT2D eigenvalue weighted by atomic mass is 10.1. The van der Waals surface area contributed by atoms with Crippen LogP contribution in [0.1, 0.15) is 18.9 Å². The monoisotopic (exact) mass is 218 g/mol. The molecule has 3 heteroatoms. The fourth-order valence-electron chi connectivity index (χ4n) is 1.55. The summed E-state index contributed by atoms with van der Waals surface area (Å²) in [6.45, 7) is 2.19. The van der Waals surface area contributed by atoms with Crippen molar-refractivity contribution in [2.45, 2.75) is 19.8 Å². The molecule has 0 fully saturated rings. The van der Waals surface area contributed by atoms with Gasteiger partial charge in [0.2, 0.25) is 0 Å². The van der Waals surface area contributed by atoms with E-state index in [1.54, 1.807) is 0 Å². The molecule has 0 saturated carbocycles. The zero-order chi connectivity index (χ0) is 10.7. The lowest BCUT2D eigenvalue weighted by molar-refractivity contribution is 0.922. The predicted molar refractivity (Wildman–Crippen MR) is 66.0 cm³/mol. The Balaban J connectivity index is 2.23. The van der Waals surface area contributed by atoms with Gasteiger partial charge in [-0.2, -0.15) is 0 Å². The minimum absolute atomic E-state index is 0.627. The van der Waals surface area contributed by atoms with Gasteiger partial charge in [0.05, 0.1) is 4.88 Å². The molecule has 78 valence electrons. The van der Waals surface area contributed by atoms with Crippen LogP contribution in [0, 0.1) is 0 Å². The molecule has 2 nitrogen and oxygen atoms in total. The van der Waals surface area contributed by atoms with Crippen LogP contribution in [0.25, 0.3) is 10.4 Å². The molecule has 0 bridgehead atoms. The van der Waals surface area contributed by atoms with Crippen molar-refractivity contribution in [1.82, 2.24) is 4.98 Å². The number of nitrogens with two attached hydrogens (primary N) is 1. The van der Waals surface area contributed by atoms with Gasteiger partial charge in [-0.05, 0) is 17.5 Å². The molecular formula is C12H14N2S. The average molecular weight is 218 g/mol. The summed E-state index contributed by atoms with van der Waals surface area (Å²) >= 11 is 1.53. The van der Waals surface area contributed by atoms with Gasteiger partial charge in [-0.1, -0.05) is 48.9 Å². The van der Waals surface area contributed by atoms with E-state index in [-0.39, 0.29) is 0 Å². The highest BCUT2D eigenvalue weighted by molar-refractivity contribution is 7.18. The highest BCUT2D eigenvalue weighted by Gasteiger charge is 2.01. The normalized spacial score (nSPS) is 10.5. The molecule has 1 heterocycles. The summed E-state index contributed by atoms with van der Waals surface area (Å²) < 4.78 is 0. The maximum atomic E-state index is 5.60. The van der Waals surface area contributed by atoms with Crippen LogP contribution < -0.4 is 5.73 Å². The van der Waals surface area contributed by atoms with Crippen LogP contribution in [-0.2, 0) is 6.42 Å². The van der Waals surface area contributed by atoms with E-state index < -0.39 is 0 Å². The van der Waals surface area contributed by atoms with Gasteiger partial charge in [0.1, 0.15) is 0 Å². The summed E-state index contributed by atoms with van der Waals surface area (Å²) in [5.41, 5.74) is 8.19. The molecule has 0 unspecified atom stereocenters. The average Bonchev–Trinajstić information content (AvgIpc) is 2.67. The van der Waals surface area contributed by atoms with Crippen LogP contribution in [0.5, 0.6) is 0 Å². The molecular weight excluding hydrogens is 204 g/mol. The SMILES string of the molecule is CCCc1ccc(-c2cnc(N)s2)cc1. The van der Waals surface area contributed by atoms with Crippen LogP contribution in [0.4, 0.5) is 5.13 Å². The molecule has 0 atom stereocenters. The van der Waals surface area contributed by atoms with Crippen molar-refractivity contribution < 1.29 is 0 Å². The second kappa shape index (κ2) is 4.45. The Kier molecular flexibility index (Phi) is 3.02. The zero-order valence-electron chi connectivity index (χ0n) is 8.73. The highest BCUT2D eigenvalue weighted by atomic mass is 32.1. The standard InChI is InChI=1S/C12H14N2S/c1-2-3-9-4-6-10(7-5-9)11-8-14-12(13)15-11/h4-8H,2-3H2,1H3,(H2,13,14). The lowest BCUT2D eigenvalue weighted by Gasteiger charge is -2.00. The first kappa shape index (κ1) is 10.2. The second-order valence-electron chi connectivity index (χ2n) is 3.51. The molecule has 2 N–H and O–H groups in total. The summed E-state index contributed by atoms with van der Waals surface area (Å²) in [4.78, 5) is 5.18. The molecule has 0 aliphatic carbocycles. The van der Waals surface area contributed by atoms with Crippen LogP contribution in [0.3, 0.4) is 0 Å². The van der Waals surface area contributed by atoms with Crippen LogP contribution >= 0.6 is 11.3 Å². The first-order chi connectivity index (χ1) is 7.29. The van der Waals surface area contributed by atoms with Crippen molar-refractivity contribution in [2.75, 3.05) is 5.73 Å². The topological polar surface area (TPSA) is 38.9 Å². The Morgan fingerprint density at radius 3 is 2.53 bits per heavy atom. The number of nitrogens with zero attached hydrogens (tertiary/aromatic N) is 1. The molecule has 2 rings (SSSR count). The largest absolute Gasteiger partial charge is 0.375 e. The van der Waals surface area contributed by atoms with Crippen molar-refractivity contribution in [3.8, 4) is 10.4 Å². The van der Waals surface area contributed by atoms with E-state index in [9.17, 15) is 0 Å². The number of nitrogen functional groups attached to an aromatic ring is 1. The molecule has 0 spiro atoms. The molecule has 0 aliphatic heterocycles. The van der Waals surface area contributed by atoms with Crippen LogP contribution in [0.15, 0.2) is 30.5 Å². The molecule has 1 aromatic heterocycles. The third-order valence-corrected chi connectivity index (χ3v) is 3.18. The number of aryl methyl sites for hydroxylation is 1. The Morgan fingerprint density at radius 1 is 1.27 bits per heavy atom. The van der Waals surface area contributed by atoms with Gasteiger partial charge < -0.3 is 5.73 Å². The zero-order valence-corrected chi connectivity index (χ0v) is 9.55. The van der Waals surface area contributed by atoms with E-state index in [1.807, 2.05) is 6.20 Å². The fraction of sp³-hybridized carbons (Fsp3) is 0.250. The first-order valence-electron chi connectivity index (χ1n) is 5.10. The van der Waals surface area contributed by atoms with Gasteiger partial charge in [0, 0.05) is 6.20 Å². The van der Waals surface area contributed by atoms with Crippen molar-refractivity contribution in [3.05, 3.63) is 36.0 Å². The summed E-state index contributed by atoms with van der Waals surface area (Å²) in [6, 6.07) is 8.62.